The van der Waals surface area contributed by atoms with Crippen LogP contribution in [0.15, 0.2) is 65.2 Å². The Balaban J connectivity index is 1.62. The molecule has 0 atom stereocenters. The van der Waals surface area contributed by atoms with E-state index in [1.54, 1.807) is 18.2 Å². The third kappa shape index (κ3) is 6.29. The van der Waals surface area contributed by atoms with E-state index in [4.69, 9.17) is 16.1 Å². The lowest BCUT2D eigenvalue weighted by Gasteiger charge is -2.20. The maximum atomic E-state index is 12.7. The van der Waals surface area contributed by atoms with Crippen LogP contribution >= 0.6 is 11.6 Å². The first-order valence-corrected chi connectivity index (χ1v) is 10.1. The SMILES string of the molecule is CCCCN(CCc1nc(-c2ccc(Cl)cc2)no1)C(=O)/C=C/c1ccccc1. The number of carbonyl (C=O) groups is 1. The van der Waals surface area contributed by atoms with Gasteiger partial charge in [-0.2, -0.15) is 4.98 Å². The highest BCUT2D eigenvalue weighted by atomic mass is 35.5. The molecule has 2 aromatic carbocycles. The molecule has 150 valence electrons. The molecular formula is C23H24ClN3O2. The van der Waals surface area contributed by atoms with Crippen LogP contribution in [-0.4, -0.2) is 34.0 Å². The Morgan fingerprint density at radius 1 is 1.10 bits per heavy atom. The maximum Gasteiger partial charge on any atom is 0.246 e. The molecule has 0 aliphatic carbocycles. The summed E-state index contributed by atoms with van der Waals surface area (Å²) >= 11 is 5.92. The zero-order valence-corrected chi connectivity index (χ0v) is 17.2. The van der Waals surface area contributed by atoms with E-state index in [0.717, 1.165) is 24.0 Å². The van der Waals surface area contributed by atoms with Crippen molar-refractivity contribution in [3.63, 3.8) is 0 Å². The summed E-state index contributed by atoms with van der Waals surface area (Å²) in [6.07, 6.45) is 5.94. The summed E-state index contributed by atoms with van der Waals surface area (Å²) < 4.78 is 5.36. The molecule has 1 aromatic heterocycles. The number of carbonyl (C=O) groups excluding carboxylic acids is 1. The topological polar surface area (TPSA) is 59.2 Å². The lowest BCUT2D eigenvalue weighted by Crippen LogP contribution is -2.32. The Kier molecular flexibility index (Phi) is 7.59. The number of rotatable bonds is 9. The van der Waals surface area contributed by atoms with Gasteiger partial charge in [0.1, 0.15) is 0 Å². The van der Waals surface area contributed by atoms with Crippen molar-refractivity contribution in [2.45, 2.75) is 26.2 Å². The fourth-order valence-corrected chi connectivity index (χ4v) is 2.95. The Bertz CT molecular complexity index is 936. The maximum absolute atomic E-state index is 12.7. The van der Waals surface area contributed by atoms with Gasteiger partial charge >= 0.3 is 0 Å². The molecule has 0 fully saturated rings. The van der Waals surface area contributed by atoms with E-state index in [-0.39, 0.29) is 5.91 Å². The Morgan fingerprint density at radius 3 is 2.59 bits per heavy atom. The molecule has 0 saturated carbocycles. The van der Waals surface area contributed by atoms with E-state index in [1.165, 1.54) is 0 Å². The van der Waals surface area contributed by atoms with Gasteiger partial charge in [-0.25, -0.2) is 0 Å². The van der Waals surface area contributed by atoms with E-state index >= 15 is 0 Å². The highest BCUT2D eigenvalue weighted by Crippen LogP contribution is 2.19. The Morgan fingerprint density at radius 2 is 1.86 bits per heavy atom. The Hall–Kier alpha value is -2.92. The molecular weight excluding hydrogens is 386 g/mol. The lowest BCUT2D eigenvalue weighted by molar-refractivity contribution is -0.126. The van der Waals surface area contributed by atoms with Crippen molar-refractivity contribution >= 4 is 23.6 Å². The van der Waals surface area contributed by atoms with Crippen molar-refractivity contribution < 1.29 is 9.32 Å². The first-order valence-electron chi connectivity index (χ1n) is 9.76. The van der Waals surface area contributed by atoms with Crippen LogP contribution in [0.2, 0.25) is 5.02 Å². The van der Waals surface area contributed by atoms with E-state index in [1.807, 2.05) is 53.4 Å². The number of nitrogens with zero attached hydrogens (tertiary/aromatic N) is 3. The second-order valence-corrected chi connectivity index (χ2v) is 7.13. The molecule has 0 bridgehead atoms. The van der Waals surface area contributed by atoms with Gasteiger partial charge in [0.2, 0.25) is 17.6 Å². The van der Waals surface area contributed by atoms with Crippen molar-refractivity contribution in [3.8, 4) is 11.4 Å². The monoisotopic (exact) mass is 409 g/mol. The fourth-order valence-electron chi connectivity index (χ4n) is 2.82. The van der Waals surface area contributed by atoms with E-state index < -0.39 is 0 Å². The van der Waals surface area contributed by atoms with E-state index in [2.05, 4.69) is 17.1 Å². The van der Waals surface area contributed by atoms with Gasteiger partial charge in [-0.15, -0.1) is 0 Å². The number of unbranched alkanes of at least 4 members (excludes halogenated alkanes) is 1. The van der Waals surface area contributed by atoms with Gasteiger partial charge in [-0.05, 0) is 42.3 Å². The first-order chi connectivity index (χ1) is 14.2. The van der Waals surface area contributed by atoms with Crippen molar-refractivity contribution in [2.75, 3.05) is 13.1 Å². The number of halogens is 1. The molecule has 0 spiro atoms. The Labute approximate surface area is 176 Å². The van der Waals surface area contributed by atoms with Crippen LogP contribution in [0.1, 0.15) is 31.2 Å². The van der Waals surface area contributed by atoms with Crippen molar-refractivity contribution in [2.24, 2.45) is 0 Å². The quantitative estimate of drug-likeness (QED) is 0.451. The molecule has 0 radical (unpaired) electrons. The summed E-state index contributed by atoms with van der Waals surface area (Å²) in [5.41, 5.74) is 1.84. The van der Waals surface area contributed by atoms with Crippen LogP contribution in [0.25, 0.3) is 17.5 Å². The van der Waals surface area contributed by atoms with Crippen LogP contribution in [0, 0.1) is 0 Å². The average Bonchev–Trinajstić information content (AvgIpc) is 3.22. The molecule has 1 heterocycles. The fraction of sp³-hybridized carbons (Fsp3) is 0.261. The number of amides is 1. The predicted octanol–water partition coefficient (Wildman–Crippen LogP) is 5.27. The summed E-state index contributed by atoms with van der Waals surface area (Å²) in [7, 11) is 0. The van der Waals surface area contributed by atoms with E-state index in [0.29, 0.717) is 36.2 Å². The molecule has 0 aliphatic rings. The number of hydrogen-bond acceptors (Lipinski definition) is 4. The number of benzene rings is 2. The zero-order valence-electron chi connectivity index (χ0n) is 16.4. The second-order valence-electron chi connectivity index (χ2n) is 6.69. The normalized spacial score (nSPS) is 11.1. The van der Waals surface area contributed by atoms with Crippen molar-refractivity contribution in [1.82, 2.24) is 15.0 Å². The zero-order chi connectivity index (χ0) is 20.5. The molecule has 0 N–H and O–H groups in total. The van der Waals surface area contributed by atoms with Gasteiger partial charge in [0.25, 0.3) is 0 Å². The molecule has 0 aliphatic heterocycles. The minimum atomic E-state index is -0.0141. The summed E-state index contributed by atoms with van der Waals surface area (Å²) in [6.45, 7) is 3.34. The summed E-state index contributed by atoms with van der Waals surface area (Å²) in [6, 6.07) is 17.1. The summed E-state index contributed by atoms with van der Waals surface area (Å²) in [5, 5.41) is 4.69. The van der Waals surface area contributed by atoms with E-state index in [9.17, 15) is 4.79 Å². The standard InChI is InChI=1S/C23H24ClN3O2/c1-2-3-16-27(22(28)14-9-18-7-5-4-6-8-18)17-15-21-25-23(26-29-21)19-10-12-20(24)13-11-19/h4-14H,2-3,15-17H2,1H3/b14-9+. The third-order valence-electron chi connectivity index (χ3n) is 4.48. The molecule has 0 saturated heterocycles. The average molecular weight is 410 g/mol. The van der Waals surface area contributed by atoms with Gasteiger partial charge in [-0.3, -0.25) is 4.79 Å². The van der Waals surface area contributed by atoms with Gasteiger partial charge in [-0.1, -0.05) is 60.4 Å². The molecule has 1 amide bonds. The van der Waals surface area contributed by atoms with Gasteiger partial charge in [0, 0.05) is 36.2 Å². The van der Waals surface area contributed by atoms with Gasteiger partial charge < -0.3 is 9.42 Å². The predicted molar refractivity (Wildman–Crippen MR) is 115 cm³/mol. The molecule has 6 heteroatoms. The van der Waals surface area contributed by atoms with Crippen LogP contribution < -0.4 is 0 Å². The van der Waals surface area contributed by atoms with Crippen LogP contribution in [0.3, 0.4) is 0 Å². The second kappa shape index (κ2) is 10.6. The number of aromatic nitrogens is 2. The highest BCUT2D eigenvalue weighted by molar-refractivity contribution is 6.30. The molecule has 5 nitrogen and oxygen atoms in total. The van der Waals surface area contributed by atoms with Crippen LogP contribution in [-0.2, 0) is 11.2 Å². The smallest absolute Gasteiger partial charge is 0.246 e. The molecule has 29 heavy (non-hydrogen) atoms. The minimum absolute atomic E-state index is 0.0141. The number of hydrogen-bond donors (Lipinski definition) is 0. The molecule has 3 rings (SSSR count). The largest absolute Gasteiger partial charge is 0.339 e. The van der Waals surface area contributed by atoms with Crippen molar-refractivity contribution in [1.29, 1.82) is 0 Å². The molecule has 3 aromatic rings. The third-order valence-corrected chi connectivity index (χ3v) is 4.73. The first kappa shape index (κ1) is 20.8. The summed E-state index contributed by atoms with van der Waals surface area (Å²) in [4.78, 5) is 18.9. The van der Waals surface area contributed by atoms with Crippen LogP contribution in [0.4, 0.5) is 0 Å². The lowest BCUT2D eigenvalue weighted by atomic mass is 10.2. The van der Waals surface area contributed by atoms with Crippen LogP contribution in [0.5, 0.6) is 0 Å². The van der Waals surface area contributed by atoms with Gasteiger partial charge in [0.15, 0.2) is 0 Å². The van der Waals surface area contributed by atoms with Gasteiger partial charge in [0.05, 0.1) is 0 Å². The molecule has 0 unspecified atom stereocenters. The minimum Gasteiger partial charge on any atom is -0.339 e. The summed E-state index contributed by atoms with van der Waals surface area (Å²) in [5.74, 6) is 1.02. The highest BCUT2D eigenvalue weighted by Gasteiger charge is 2.14. The van der Waals surface area contributed by atoms with Crippen molar-refractivity contribution in [3.05, 3.63) is 77.2 Å².